The molecule has 1 fully saturated rings. The molecule has 166 valence electrons. The molecular weight excluding hydrogens is 452 g/mol. The summed E-state index contributed by atoms with van der Waals surface area (Å²) >= 11 is 8.13. The highest BCUT2D eigenvalue weighted by atomic mass is 35.5. The van der Waals surface area contributed by atoms with E-state index in [1.807, 2.05) is 30.3 Å². The molecule has 1 aromatic heterocycles. The quantitative estimate of drug-likeness (QED) is 0.567. The average molecular weight is 479 g/mol. The van der Waals surface area contributed by atoms with E-state index in [4.69, 9.17) is 21.3 Å². The Morgan fingerprint density at radius 2 is 1.94 bits per heavy atom. The number of hydrogen-bond acceptors (Lipinski definition) is 6. The Balaban J connectivity index is 1.38. The van der Waals surface area contributed by atoms with Gasteiger partial charge < -0.3 is 9.64 Å². The summed E-state index contributed by atoms with van der Waals surface area (Å²) < 4.78 is 31.7. The van der Waals surface area contributed by atoms with E-state index in [2.05, 4.69) is 10.3 Å². The standard InChI is InChI=1S/C23H27ClN2O3S2/c1-23(24)12-4-3-5-21(23)31(27,28)20-10-13-26(14-11-20)22-25-18(16-30-22)15-17-6-8-19(29-2)9-7-17/h3-9,12,16,20-21H,10-11,13-15H2,1-2H3. The molecule has 2 aromatic rings. The molecule has 1 saturated heterocycles. The molecule has 0 saturated carbocycles. The maximum atomic E-state index is 13.2. The molecule has 1 aliphatic heterocycles. The first-order chi connectivity index (χ1) is 14.8. The van der Waals surface area contributed by atoms with Gasteiger partial charge in [0.05, 0.1) is 22.9 Å². The van der Waals surface area contributed by atoms with Gasteiger partial charge in [-0.05, 0) is 37.5 Å². The van der Waals surface area contributed by atoms with Crippen molar-refractivity contribution in [1.82, 2.24) is 4.98 Å². The zero-order chi connectivity index (χ0) is 22.1. The molecule has 2 aliphatic rings. The Hall–Kier alpha value is -1.83. The van der Waals surface area contributed by atoms with E-state index < -0.39 is 20.0 Å². The van der Waals surface area contributed by atoms with Crippen LogP contribution in [0.4, 0.5) is 5.13 Å². The summed E-state index contributed by atoms with van der Waals surface area (Å²) in [6, 6.07) is 8.01. The highest BCUT2D eigenvalue weighted by molar-refractivity contribution is 7.93. The number of piperidine rings is 1. The second-order valence-electron chi connectivity index (χ2n) is 8.24. The molecule has 2 heterocycles. The topological polar surface area (TPSA) is 59.5 Å². The van der Waals surface area contributed by atoms with Crippen molar-refractivity contribution in [1.29, 1.82) is 0 Å². The number of ether oxygens (including phenoxy) is 1. The van der Waals surface area contributed by atoms with Crippen molar-refractivity contribution in [2.75, 3.05) is 25.1 Å². The third kappa shape index (κ3) is 4.83. The van der Waals surface area contributed by atoms with Gasteiger partial charge in [0.15, 0.2) is 15.0 Å². The van der Waals surface area contributed by atoms with E-state index in [-0.39, 0.29) is 5.25 Å². The summed E-state index contributed by atoms with van der Waals surface area (Å²) in [5, 5.41) is 1.99. The van der Waals surface area contributed by atoms with Crippen LogP contribution in [0.3, 0.4) is 0 Å². The summed E-state index contributed by atoms with van der Waals surface area (Å²) in [5.74, 6) is 0.842. The molecule has 0 N–H and O–H groups in total. The van der Waals surface area contributed by atoms with Gasteiger partial charge in [0.1, 0.15) is 11.0 Å². The lowest BCUT2D eigenvalue weighted by Gasteiger charge is -2.36. The normalized spacial score (nSPS) is 24.5. The Morgan fingerprint density at radius 1 is 1.23 bits per heavy atom. The number of hydrogen-bond donors (Lipinski definition) is 0. The highest BCUT2D eigenvalue weighted by Gasteiger charge is 2.44. The van der Waals surface area contributed by atoms with Gasteiger partial charge in [0, 0.05) is 24.9 Å². The molecule has 8 heteroatoms. The van der Waals surface area contributed by atoms with E-state index in [1.165, 1.54) is 5.56 Å². The number of rotatable bonds is 6. The van der Waals surface area contributed by atoms with Gasteiger partial charge in [0.2, 0.25) is 0 Å². The smallest absolute Gasteiger partial charge is 0.185 e. The first-order valence-electron chi connectivity index (χ1n) is 10.4. The fourth-order valence-electron chi connectivity index (χ4n) is 4.18. The SMILES string of the molecule is COc1ccc(Cc2csc(N3CCC(S(=O)(=O)C4C=CC=CC4(C)Cl)CC3)n2)cc1. The maximum absolute atomic E-state index is 13.2. The van der Waals surface area contributed by atoms with Crippen molar-refractivity contribution < 1.29 is 13.2 Å². The summed E-state index contributed by atoms with van der Waals surface area (Å²) in [6.45, 7) is 3.14. The van der Waals surface area contributed by atoms with Crippen LogP contribution in [0.5, 0.6) is 5.75 Å². The van der Waals surface area contributed by atoms with Gasteiger partial charge >= 0.3 is 0 Å². The fraction of sp³-hybridized carbons (Fsp3) is 0.435. The Bertz CT molecular complexity index is 1070. The summed E-state index contributed by atoms with van der Waals surface area (Å²) in [5.41, 5.74) is 2.21. The average Bonchev–Trinajstić information content (AvgIpc) is 3.22. The molecule has 0 amide bonds. The summed E-state index contributed by atoms with van der Waals surface area (Å²) in [7, 11) is -1.70. The first-order valence-corrected chi connectivity index (χ1v) is 13.3. The van der Waals surface area contributed by atoms with E-state index in [0.717, 1.165) is 23.0 Å². The number of alkyl halides is 1. The van der Waals surface area contributed by atoms with Crippen molar-refractivity contribution in [3.05, 3.63) is 65.2 Å². The lowest BCUT2D eigenvalue weighted by atomic mass is 10.0. The number of benzene rings is 1. The fourth-order valence-corrected chi connectivity index (χ4v) is 7.89. The molecule has 4 rings (SSSR count). The summed E-state index contributed by atoms with van der Waals surface area (Å²) in [6.07, 6.45) is 9.04. The van der Waals surface area contributed by atoms with Crippen molar-refractivity contribution in [2.45, 2.75) is 41.6 Å². The van der Waals surface area contributed by atoms with Gasteiger partial charge in [-0.1, -0.05) is 36.4 Å². The van der Waals surface area contributed by atoms with Gasteiger partial charge in [-0.25, -0.2) is 13.4 Å². The van der Waals surface area contributed by atoms with E-state index in [9.17, 15) is 8.42 Å². The molecular formula is C23H27ClN2O3S2. The van der Waals surface area contributed by atoms with Crippen LogP contribution in [0.2, 0.25) is 0 Å². The van der Waals surface area contributed by atoms with E-state index in [1.54, 1.807) is 43.6 Å². The Kier molecular flexibility index (Phi) is 6.47. The first kappa shape index (κ1) is 22.4. The Labute approximate surface area is 193 Å². The second kappa shape index (κ2) is 8.96. The lowest BCUT2D eigenvalue weighted by Crippen LogP contribution is -2.47. The van der Waals surface area contributed by atoms with Crippen LogP contribution in [0.1, 0.15) is 31.0 Å². The van der Waals surface area contributed by atoms with Gasteiger partial charge in [-0.15, -0.1) is 22.9 Å². The minimum Gasteiger partial charge on any atom is -0.497 e. The molecule has 5 nitrogen and oxygen atoms in total. The predicted molar refractivity (Wildman–Crippen MR) is 128 cm³/mol. The number of aromatic nitrogens is 1. The molecule has 2 atom stereocenters. The number of nitrogens with zero attached hydrogens (tertiary/aromatic N) is 2. The summed E-state index contributed by atoms with van der Waals surface area (Å²) in [4.78, 5) is 6.10. The Morgan fingerprint density at radius 3 is 2.58 bits per heavy atom. The van der Waals surface area contributed by atoms with Crippen LogP contribution in [0, 0.1) is 0 Å². The molecule has 1 aliphatic carbocycles. The minimum absolute atomic E-state index is 0.373. The lowest BCUT2D eigenvalue weighted by molar-refractivity contribution is 0.414. The van der Waals surface area contributed by atoms with Crippen molar-refractivity contribution in [3.63, 3.8) is 0 Å². The number of methoxy groups -OCH3 is 1. The van der Waals surface area contributed by atoms with E-state index in [0.29, 0.717) is 25.9 Å². The van der Waals surface area contributed by atoms with Crippen molar-refractivity contribution in [2.24, 2.45) is 0 Å². The van der Waals surface area contributed by atoms with Gasteiger partial charge in [0.25, 0.3) is 0 Å². The highest BCUT2D eigenvalue weighted by Crippen LogP contribution is 2.36. The number of thiazole rings is 1. The number of halogens is 1. The minimum atomic E-state index is -3.36. The maximum Gasteiger partial charge on any atom is 0.185 e. The third-order valence-corrected chi connectivity index (χ3v) is 10.2. The van der Waals surface area contributed by atoms with Gasteiger partial charge in [-0.2, -0.15) is 0 Å². The molecule has 1 aromatic carbocycles. The number of anilines is 1. The molecule has 0 bridgehead atoms. The molecule has 2 unspecified atom stereocenters. The number of sulfone groups is 1. The van der Waals surface area contributed by atoms with Crippen LogP contribution < -0.4 is 9.64 Å². The van der Waals surface area contributed by atoms with Gasteiger partial charge in [-0.3, -0.25) is 0 Å². The molecule has 0 spiro atoms. The molecule has 31 heavy (non-hydrogen) atoms. The van der Waals surface area contributed by atoms with Crippen molar-refractivity contribution >= 4 is 37.9 Å². The number of allylic oxidation sites excluding steroid dienone is 3. The zero-order valence-electron chi connectivity index (χ0n) is 17.7. The van der Waals surface area contributed by atoms with Crippen LogP contribution >= 0.6 is 22.9 Å². The van der Waals surface area contributed by atoms with Crippen LogP contribution in [0.25, 0.3) is 0 Å². The third-order valence-electron chi connectivity index (χ3n) is 5.99. The monoisotopic (exact) mass is 478 g/mol. The second-order valence-corrected chi connectivity index (χ2v) is 12.2. The predicted octanol–water partition coefficient (Wildman–Crippen LogP) is 4.62. The zero-order valence-corrected chi connectivity index (χ0v) is 20.1. The van der Waals surface area contributed by atoms with Crippen molar-refractivity contribution in [3.8, 4) is 5.75 Å². The molecule has 0 radical (unpaired) electrons. The largest absolute Gasteiger partial charge is 0.497 e. The van der Waals surface area contributed by atoms with Crippen LogP contribution in [-0.2, 0) is 16.3 Å². The van der Waals surface area contributed by atoms with Crippen LogP contribution in [-0.4, -0.2) is 49.0 Å². The van der Waals surface area contributed by atoms with E-state index >= 15 is 0 Å². The van der Waals surface area contributed by atoms with Crippen LogP contribution in [0.15, 0.2) is 53.9 Å².